The van der Waals surface area contributed by atoms with Crippen molar-refractivity contribution in [2.75, 3.05) is 26.4 Å². The second-order valence-electron chi connectivity index (χ2n) is 4.94. The molecule has 18 heavy (non-hydrogen) atoms. The van der Waals surface area contributed by atoms with Crippen molar-refractivity contribution in [2.24, 2.45) is 0 Å². The summed E-state index contributed by atoms with van der Waals surface area (Å²) in [5, 5.41) is 0. The molecule has 3 nitrogen and oxygen atoms in total. The van der Waals surface area contributed by atoms with Crippen LogP contribution < -0.4 is 0 Å². The molecule has 1 saturated heterocycles. The maximum Gasteiger partial charge on any atom is 0.157 e. The normalized spacial score (nSPS) is 20.1. The number of benzene rings is 1. The fourth-order valence-electron chi connectivity index (χ4n) is 2.60. The molecular weight excluding hydrogens is 270 g/mol. The predicted octanol–water partition coefficient (Wildman–Crippen LogP) is 2.07. The SMILES string of the molecule is CN1CCC(c2ccccc2)(S(C)(=O)=O)CC1.Cl. The molecule has 5 heteroatoms. The van der Waals surface area contributed by atoms with Crippen LogP contribution in [0.5, 0.6) is 0 Å². The quantitative estimate of drug-likeness (QED) is 0.836. The van der Waals surface area contributed by atoms with E-state index in [9.17, 15) is 8.42 Å². The minimum absolute atomic E-state index is 0. The Morgan fingerprint density at radius 3 is 2.06 bits per heavy atom. The van der Waals surface area contributed by atoms with Crippen molar-refractivity contribution in [1.82, 2.24) is 4.90 Å². The molecule has 0 aliphatic carbocycles. The number of halogens is 1. The second kappa shape index (κ2) is 5.59. The van der Waals surface area contributed by atoms with E-state index in [0.29, 0.717) is 12.8 Å². The van der Waals surface area contributed by atoms with Gasteiger partial charge < -0.3 is 4.90 Å². The van der Waals surface area contributed by atoms with Crippen molar-refractivity contribution in [3.05, 3.63) is 35.9 Å². The molecule has 0 unspecified atom stereocenters. The van der Waals surface area contributed by atoms with Crippen LogP contribution in [-0.2, 0) is 14.6 Å². The summed E-state index contributed by atoms with van der Waals surface area (Å²) in [5.74, 6) is 0. The molecule has 0 N–H and O–H groups in total. The van der Waals surface area contributed by atoms with Gasteiger partial charge in [0.15, 0.2) is 9.84 Å². The number of rotatable bonds is 2. The molecule has 0 radical (unpaired) electrons. The first-order valence-electron chi connectivity index (χ1n) is 5.89. The summed E-state index contributed by atoms with van der Waals surface area (Å²) >= 11 is 0. The fourth-order valence-corrected chi connectivity index (χ4v) is 4.08. The second-order valence-corrected chi connectivity index (χ2v) is 7.26. The first kappa shape index (κ1) is 15.5. The summed E-state index contributed by atoms with van der Waals surface area (Å²) in [6, 6.07) is 9.63. The van der Waals surface area contributed by atoms with Gasteiger partial charge in [-0.05, 0) is 38.5 Å². The van der Waals surface area contributed by atoms with Crippen LogP contribution in [0.4, 0.5) is 0 Å². The number of likely N-dealkylation sites (tertiary alicyclic amines) is 1. The van der Waals surface area contributed by atoms with E-state index in [4.69, 9.17) is 0 Å². The summed E-state index contributed by atoms with van der Waals surface area (Å²) in [7, 11) is -1.05. The van der Waals surface area contributed by atoms with E-state index in [1.807, 2.05) is 37.4 Å². The van der Waals surface area contributed by atoms with E-state index >= 15 is 0 Å². The van der Waals surface area contributed by atoms with Gasteiger partial charge in [0.05, 0.1) is 4.75 Å². The average molecular weight is 290 g/mol. The molecule has 0 amide bonds. The molecule has 1 heterocycles. The van der Waals surface area contributed by atoms with E-state index in [-0.39, 0.29) is 12.4 Å². The van der Waals surface area contributed by atoms with E-state index in [1.165, 1.54) is 6.26 Å². The molecular formula is C13H20ClNO2S. The minimum atomic E-state index is -3.09. The van der Waals surface area contributed by atoms with Gasteiger partial charge in [-0.1, -0.05) is 30.3 Å². The Kier molecular flexibility index (Phi) is 4.81. The van der Waals surface area contributed by atoms with Gasteiger partial charge in [-0.25, -0.2) is 8.42 Å². The Labute approximate surface area is 116 Å². The predicted molar refractivity (Wildman–Crippen MR) is 76.9 cm³/mol. The molecule has 0 atom stereocenters. The van der Waals surface area contributed by atoms with Gasteiger partial charge in [-0.2, -0.15) is 0 Å². The van der Waals surface area contributed by atoms with Crippen molar-refractivity contribution >= 4 is 22.2 Å². The van der Waals surface area contributed by atoms with Gasteiger partial charge in [0.25, 0.3) is 0 Å². The topological polar surface area (TPSA) is 37.4 Å². The zero-order valence-corrected chi connectivity index (χ0v) is 12.4. The zero-order chi connectivity index (χ0) is 12.5. The zero-order valence-electron chi connectivity index (χ0n) is 10.8. The van der Waals surface area contributed by atoms with Crippen LogP contribution in [0, 0.1) is 0 Å². The van der Waals surface area contributed by atoms with Crippen LogP contribution >= 0.6 is 12.4 Å². The van der Waals surface area contributed by atoms with Crippen molar-refractivity contribution in [3.63, 3.8) is 0 Å². The van der Waals surface area contributed by atoms with E-state index < -0.39 is 14.6 Å². The van der Waals surface area contributed by atoms with Gasteiger partial charge in [-0.15, -0.1) is 12.4 Å². The molecule has 1 aliphatic rings. The minimum Gasteiger partial charge on any atom is -0.306 e. The highest BCUT2D eigenvalue weighted by Gasteiger charge is 2.44. The number of sulfone groups is 1. The average Bonchev–Trinajstić information content (AvgIpc) is 2.30. The van der Waals surface area contributed by atoms with Crippen LogP contribution in [-0.4, -0.2) is 39.7 Å². The maximum absolute atomic E-state index is 12.2. The highest BCUT2D eigenvalue weighted by Crippen LogP contribution is 2.39. The Morgan fingerprint density at radius 1 is 1.11 bits per heavy atom. The Balaban J connectivity index is 0.00000162. The molecule has 2 rings (SSSR count). The van der Waals surface area contributed by atoms with Crippen LogP contribution in [0.25, 0.3) is 0 Å². The monoisotopic (exact) mass is 289 g/mol. The molecule has 1 fully saturated rings. The van der Waals surface area contributed by atoms with E-state index in [1.54, 1.807) is 0 Å². The van der Waals surface area contributed by atoms with Gasteiger partial charge >= 0.3 is 0 Å². The molecule has 0 saturated carbocycles. The highest BCUT2D eigenvalue weighted by molar-refractivity contribution is 7.91. The number of hydrogen-bond donors (Lipinski definition) is 0. The van der Waals surface area contributed by atoms with Crippen LogP contribution in [0.1, 0.15) is 18.4 Å². The van der Waals surface area contributed by atoms with Crippen LogP contribution in [0.15, 0.2) is 30.3 Å². The molecule has 102 valence electrons. The standard InChI is InChI=1S/C13H19NO2S.ClH/c1-14-10-8-13(9-11-14,17(2,15)16)12-6-4-3-5-7-12;/h3-7H,8-11H2,1-2H3;1H. The molecule has 1 aromatic rings. The third kappa shape index (κ3) is 2.71. The summed E-state index contributed by atoms with van der Waals surface area (Å²) in [6.07, 6.45) is 2.74. The van der Waals surface area contributed by atoms with E-state index in [0.717, 1.165) is 18.7 Å². The third-order valence-corrected chi connectivity index (χ3v) is 5.87. The van der Waals surface area contributed by atoms with Gasteiger partial charge in [0.2, 0.25) is 0 Å². The lowest BCUT2D eigenvalue weighted by Gasteiger charge is -2.39. The third-order valence-electron chi connectivity index (χ3n) is 3.80. The van der Waals surface area contributed by atoms with Crippen molar-refractivity contribution in [1.29, 1.82) is 0 Å². The first-order chi connectivity index (χ1) is 7.96. The largest absolute Gasteiger partial charge is 0.306 e. The number of nitrogens with zero attached hydrogens (tertiary/aromatic N) is 1. The lowest BCUT2D eigenvalue weighted by atomic mass is 9.88. The Hall–Kier alpha value is -0.580. The lowest BCUT2D eigenvalue weighted by molar-refractivity contribution is 0.233. The highest BCUT2D eigenvalue weighted by atomic mass is 35.5. The van der Waals surface area contributed by atoms with Crippen molar-refractivity contribution in [3.8, 4) is 0 Å². The molecule has 1 aliphatic heterocycles. The molecule has 0 aromatic heterocycles. The first-order valence-corrected chi connectivity index (χ1v) is 7.78. The Bertz CT molecular complexity index is 479. The van der Waals surface area contributed by atoms with Crippen LogP contribution in [0.3, 0.4) is 0 Å². The van der Waals surface area contributed by atoms with Gasteiger partial charge in [0.1, 0.15) is 0 Å². The Morgan fingerprint density at radius 2 is 1.61 bits per heavy atom. The van der Waals surface area contributed by atoms with Crippen molar-refractivity contribution in [2.45, 2.75) is 17.6 Å². The summed E-state index contributed by atoms with van der Waals surface area (Å²) in [4.78, 5) is 2.19. The van der Waals surface area contributed by atoms with Gasteiger partial charge in [-0.3, -0.25) is 0 Å². The van der Waals surface area contributed by atoms with Crippen molar-refractivity contribution < 1.29 is 8.42 Å². The molecule has 0 spiro atoms. The number of piperidine rings is 1. The fraction of sp³-hybridized carbons (Fsp3) is 0.538. The van der Waals surface area contributed by atoms with E-state index in [2.05, 4.69) is 4.90 Å². The smallest absolute Gasteiger partial charge is 0.157 e. The molecule has 0 bridgehead atoms. The summed E-state index contributed by atoms with van der Waals surface area (Å²) in [6.45, 7) is 1.67. The molecule has 1 aromatic carbocycles. The summed E-state index contributed by atoms with van der Waals surface area (Å²) in [5.41, 5.74) is 0.940. The maximum atomic E-state index is 12.2. The summed E-state index contributed by atoms with van der Waals surface area (Å²) < 4.78 is 23.7. The number of hydrogen-bond acceptors (Lipinski definition) is 3. The van der Waals surface area contributed by atoms with Crippen LogP contribution in [0.2, 0.25) is 0 Å². The lowest BCUT2D eigenvalue weighted by Crippen LogP contribution is -2.45. The van der Waals surface area contributed by atoms with Gasteiger partial charge in [0, 0.05) is 6.26 Å².